The third kappa shape index (κ3) is 5.12. The van der Waals surface area contributed by atoms with E-state index in [0.29, 0.717) is 6.42 Å². The van der Waals surface area contributed by atoms with Crippen molar-refractivity contribution in [2.24, 2.45) is 0 Å². The molecule has 1 heterocycles. The fraction of sp³-hybridized carbons (Fsp3) is 0.214. The molecule has 34 heavy (non-hydrogen) atoms. The zero-order chi connectivity index (χ0) is 24.1. The van der Waals surface area contributed by atoms with Gasteiger partial charge < -0.3 is 19.8 Å². The van der Waals surface area contributed by atoms with Gasteiger partial charge in [0.1, 0.15) is 5.75 Å². The highest BCUT2D eigenvalue weighted by molar-refractivity contribution is 5.94. The van der Waals surface area contributed by atoms with E-state index < -0.39 is 5.97 Å². The summed E-state index contributed by atoms with van der Waals surface area (Å²) in [6.07, 6.45) is 0.657. The molecule has 0 fully saturated rings. The van der Waals surface area contributed by atoms with E-state index in [4.69, 9.17) is 9.47 Å². The van der Waals surface area contributed by atoms with Crippen LogP contribution in [-0.4, -0.2) is 30.6 Å². The molecule has 3 aromatic carbocycles. The number of esters is 1. The van der Waals surface area contributed by atoms with Crippen molar-refractivity contribution in [3.05, 3.63) is 83.4 Å². The Morgan fingerprint density at radius 1 is 0.912 bits per heavy atom. The number of carbonyl (C=O) groups is 2. The number of aromatic amines is 1. The van der Waals surface area contributed by atoms with Gasteiger partial charge in [0, 0.05) is 28.7 Å². The summed E-state index contributed by atoms with van der Waals surface area (Å²) >= 11 is 0. The maximum atomic E-state index is 12.5. The van der Waals surface area contributed by atoms with Crippen LogP contribution < -0.4 is 10.1 Å². The number of nitrogens with one attached hydrogen (secondary N) is 2. The molecule has 0 aliphatic carbocycles. The Kier molecular flexibility index (Phi) is 6.97. The molecule has 2 N–H and O–H groups in total. The van der Waals surface area contributed by atoms with Crippen LogP contribution in [0.2, 0.25) is 0 Å². The number of carbonyl (C=O) groups excluding carboxylic acids is 2. The van der Waals surface area contributed by atoms with Crippen molar-refractivity contribution in [3.63, 3.8) is 0 Å². The number of aromatic nitrogens is 1. The fourth-order valence-electron chi connectivity index (χ4n) is 4.10. The van der Waals surface area contributed by atoms with E-state index in [0.717, 1.165) is 50.3 Å². The van der Waals surface area contributed by atoms with E-state index in [-0.39, 0.29) is 18.9 Å². The van der Waals surface area contributed by atoms with E-state index in [2.05, 4.69) is 10.3 Å². The molecule has 0 saturated carbocycles. The van der Waals surface area contributed by atoms with Gasteiger partial charge in [-0.2, -0.15) is 0 Å². The van der Waals surface area contributed by atoms with E-state index in [1.54, 1.807) is 7.11 Å². The highest BCUT2D eigenvalue weighted by atomic mass is 16.5. The molecule has 1 aromatic heterocycles. The van der Waals surface area contributed by atoms with Gasteiger partial charge in [0.05, 0.1) is 7.11 Å². The Hall–Kier alpha value is -4.06. The number of ether oxygens (including phenoxy) is 2. The molecule has 174 valence electrons. The number of aryl methyl sites for hydroxylation is 3. The first-order valence-electron chi connectivity index (χ1n) is 11.2. The quantitative estimate of drug-likeness (QED) is 0.340. The minimum Gasteiger partial charge on any atom is -0.497 e. The van der Waals surface area contributed by atoms with Gasteiger partial charge in [0.15, 0.2) is 6.61 Å². The second-order valence-corrected chi connectivity index (χ2v) is 8.23. The molecule has 1 amide bonds. The number of rotatable bonds is 8. The Balaban J connectivity index is 1.42. The minimum atomic E-state index is -0.414. The van der Waals surface area contributed by atoms with Gasteiger partial charge in [-0.25, -0.2) is 0 Å². The second kappa shape index (κ2) is 10.3. The molecule has 0 saturated heterocycles. The highest BCUT2D eigenvalue weighted by Gasteiger charge is 2.16. The van der Waals surface area contributed by atoms with Gasteiger partial charge >= 0.3 is 5.97 Å². The number of fused-ring (bicyclic) bond motifs is 1. The van der Waals surface area contributed by atoms with Crippen LogP contribution in [0.4, 0.5) is 5.69 Å². The lowest BCUT2D eigenvalue weighted by atomic mass is 10.0. The molecule has 0 spiro atoms. The Morgan fingerprint density at radius 3 is 2.32 bits per heavy atom. The second-order valence-electron chi connectivity index (χ2n) is 8.23. The van der Waals surface area contributed by atoms with Crippen LogP contribution in [0.25, 0.3) is 22.2 Å². The molecule has 0 unspecified atom stereocenters. The number of hydrogen-bond donors (Lipinski definition) is 2. The molecule has 4 aromatic rings. The molecule has 0 radical (unpaired) electrons. The van der Waals surface area contributed by atoms with Gasteiger partial charge in [-0.15, -0.1) is 0 Å². The van der Waals surface area contributed by atoms with Gasteiger partial charge in [0.25, 0.3) is 5.91 Å². The van der Waals surface area contributed by atoms with Crippen molar-refractivity contribution in [2.45, 2.75) is 26.7 Å². The molecule has 6 nitrogen and oxygen atoms in total. The van der Waals surface area contributed by atoms with Gasteiger partial charge in [0.2, 0.25) is 0 Å². The summed E-state index contributed by atoms with van der Waals surface area (Å²) in [6, 6.07) is 21.6. The number of methoxy groups -OCH3 is 1. The van der Waals surface area contributed by atoms with Crippen LogP contribution in [0.5, 0.6) is 5.75 Å². The molecule has 4 rings (SSSR count). The lowest BCUT2D eigenvalue weighted by Gasteiger charge is -2.11. The Labute approximate surface area is 198 Å². The van der Waals surface area contributed by atoms with E-state index in [1.165, 1.54) is 0 Å². The van der Waals surface area contributed by atoms with Crippen LogP contribution in [0.1, 0.15) is 23.1 Å². The van der Waals surface area contributed by atoms with Crippen LogP contribution in [0.3, 0.4) is 0 Å². The molecule has 0 aliphatic heterocycles. The van der Waals surface area contributed by atoms with Crippen LogP contribution in [0.15, 0.2) is 66.7 Å². The summed E-state index contributed by atoms with van der Waals surface area (Å²) in [5.74, 6) is 0.0172. The summed E-state index contributed by atoms with van der Waals surface area (Å²) in [4.78, 5) is 28.3. The number of hydrogen-bond acceptors (Lipinski definition) is 4. The normalized spacial score (nSPS) is 10.8. The first kappa shape index (κ1) is 23.1. The SMILES string of the molecule is COc1ccc(-c2[nH]c3ccccc3c2CCC(=O)OCC(=O)Nc2c(C)cccc2C)cc1. The summed E-state index contributed by atoms with van der Waals surface area (Å²) in [5.41, 5.74) is 6.70. The van der Waals surface area contributed by atoms with Crippen molar-refractivity contribution in [1.29, 1.82) is 0 Å². The van der Waals surface area contributed by atoms with E-state index in [9.17, 15) is 9.59 Å². The molecule has 0 atom stereocenters. The summed E-state index contributed by atoms with van der Waals surface area (Å²) < 4.78 is 10.5. The average Bonchev–Trinajstić information content (AvgIpc) is 3.22. The standard InChI is InChI=1S/C28H28N2O4/c1-18-7-6-8-19(2)27(18)30-25(31)17-34-26(32)16-15-23-22-9-4-5-10-24(22)29-28(23)20-11-13-21(33-3)14-12-20/h4-14,29H,15-17H2,1-3H3,(H,30,31). The molecular formula is C28H28N2O4. The summed E-state index contributed by atoms with van der Waals surface area (Å²) in [6.45, 7) is 3.54. The lowest BCUT2D eigenvalue weighted by Crippen LogP contribution is -2.22. The van der Waals surface area contributed by atoms with E-state index >= 15 is 0 Å². The van der Waals surface area contributed by atoms with Crippen molar-refractivity contribution in [1.82, 2.24) is 4.98 Å². The predicted molar refractivity (Wildman–Crippen MR) is 134 cm³/mol. The molecular weight excluding hydrogens is 428 g/mol. The molecule has 6 heteroatoms. The third-order valence-corrected chi connectivity index (χ3v) is 5.88. The minimum absolute atomic E-state index is 0.168. The maximum absolute atomic E-state index is 12.5. The summed E-state index contributed by atoms with van der Waals surface area (Å²) in [5, 5.41) is 3.90. The lowest BCUT2D eigenvalue weighted by molar-refractivity contribution is -0.147. The topological polar surface area (TPSA) is 80.4 Å². The third-order valence-electron chi connectivity index (χ3n) is 5.88. The Bertz CT molecular complexity index is 1300. The van der Waals surface area contributed by atoms with Crippen LogP contribution in [0, 0.1) is 13.8 Å². The van der Waals surface area contributed by atoms with Crippen molar-refractivity contribution >= 4 is 28.5 Å². The zero-order valence-electron chi connectivity index (χ0n) is 19.6. The smallest absolute Gasteiger partial charge is 0.306 e. The number of H-pyrrole nitrogens is 1. The van der Waals surface area contributed by atoms with Gasteiger partial charge in [-0.05, 0) is 72.9 Å². The first-order chi connectivity index (χ1) is 16.5. The van der Waals surface area contributed by atoms with Crippen molar-refractivity contribution in [2.75, 3.05) is 19.0 Å². The Morgan fingerprint density at radius 2 is 1.62 bits per heavy atom. The predicted octanol–water partition coefficient (Wildman–Crippen LogP) is 5.57. The molecule has 0 aliphatic rings. The molecule has 0 bridgehead atoms. The first-order valence-corrected chi connectivity index (χ1v) is 11.2. The largest absolute Gasteiger partial charge is 0.497 e. The van der Waals surface area contributed by atoms with Gasteiger partial charge in [-0.1, -0.05) is 36.4 Å². The number of para-hydroxylation sites is 2. The van der Waals surface area contributed by atoms with Crippen LogP contribution >= 0.6 is 0 Å². The number of amides is 1. The monoisotopic (exact) mass is 456 g/mol. The summed E-state index contributed by atoms with van der Waals surface area (Å²) in [7, 11) is 1.64. The zero-order valence-corrected chi connectivity index (χ0v) is 19.6. The average molecular weight is 457 g/mol. The van der Waals surface area contributed by atoms with E-state index in [1.807, 2.05) is 80.6 Å². The van der Waals surface area contributed by atoms with Crippen LogP contribution in [-0.2, 0) is 20.7 Å². The van der Waals surface area contributed by atoms with Gasteiger partial charge in [-0.3, -0.25) is 9.59 Å². The highest BCUT2D eigenvalue weighted by Crippen LogP contribution is 2.32. The number of anilines is 1. The number of benzene rings is 3. The van der Waals surface area contributed by atoms with Crippen molar-refractivity contribution < 1.29 is 19.1 Å². The fourth-order valence-corrected chi connectivity index (χ4v) is 4.10. The van der Waals surface area contributed by atoms with Crippen molar-refractivity contribution in [3.8, 4) is 17.0 Å². The maximum Gasteiger partial charge on any atom is 0.306 e.